The predicted molar refractivity (Wildman–Crippen MR) is 61.7 cm³/mol. The van der Waals surface area contributed by atoms with E-state index in [-0.39, 0.29) is 16.7 Å². The molecule has 86 valence electrons. The number of hydrogen-bond acceptors (Lipinski definition) is 5. The zero-order chi connectivity index (χ0) is 12.4. The third kappa shape index (κ3) is 2.21. The van der Waals surface area contributed by atoms with Gasteiger partial charge in [0.25, 0.3) is 0 Å². The Morgan fingerprint density at radius 2 is 2.18 bits per heavy atom. The zero-order valence-corrected chi connectivity index (χ0v) is 9.55. The number of pyridine rings is 1. The number of nitrogens with zero attached hydrogens (tertiary/aromatic N) is 4. The van der Waals surface area contributed by atoms with E-state index >= 15 is 0 Å². The minimum atomic E-state index is -0.544. The summed E-state index contributed by atoms with van der Waals surface area (Å²) in [6, 6.07) is 1.75. The van der Waals surface area contributed by atoms with Gasteiger partial charge in [-0.1, -0.05) is 0 Å². The maximum absolute atomic E-state index is 10.9. The Morgan fingerprint density at radius 3 is 2.82 bits per heavy atom. The molecule has 2 aromatic heterocycles. The van der Waals surface area contributed by atoms with Gasteiger partial charge in [-0.15, -0.1) is 0 Å². The Kier molecular flexibility index (Phi) is 2.97. The maximum Gasteiger partial charge on any atom is 0.313 e. The first-order valence-electron chi connectivity index (χ1n) is 4.67. The molecular weight excluding hydrogens is 244 g/mol. The number of aryl methyl sites for hydroxylation is 1. The van der Waals surface area contributed by atoms with Crippen LogP contribution >= 0.6 is 11.6 Å². The molecule has 0 bridgehead atoms. The van der Waals surface area contributed by atoms with Crippen LogP contribution in [0.25, 0.3) is 11.3 Å². The van der Waals surface area contributed by atoms with Crippen molar-refractivity contribution in [3.8, 4) is 11.3 Å². The topological polar surface area (TPSA) is 81.8 Å². The Morgan fingerprint density at radius 1 is 1.41 bits per heavy atom. The van der Waals surface area contributed by atoms with Crippen molar-refractivity contribution in [2.75, 3.05) is 0 Å². The van der Waals surface area contributed by atoms with Gasteiger partial charge in [-0.05, 0) is 30.2 Å². The van der Waals surface area contributed by atoms with Crippen LogP contribution in [0.4, 0.5) is 5.69 Å². The fourth-order valence-electron chi connectivity index (χ4n) is 1.40. The van der Waals surface area contributed by atoms with Crippen LogP contribution in [0.2, 0.25) is 5.28 Å². The summed E-state index contributed by atoms with van der Waals surface area (Å²) in [6.45, 7) is 1.82. The van der Waals surface area contributed by atoms with Crippen LogP contribution in [-0.2, 0) is 0 Å². The molecule has 0 saturated carbocycles. The normalized spacial score (nSPS) is 10.2. The van der Waals surface area contributed by atoms with Crippen LogP contribution in [-0.4, -0.2) is 19.9 Å². The molecule has 6 nitrogen and oxygen atoms in total. The highest BCUT2D eigenvalue weighted by molar-refractivity contribution is 6.28. The number of nitro groups is 1. The van der Waals surface area contributed by atoms with Gasteiger partial charge in [-0.2, -0.15) is 0 Å². The van der Waals surface area contributed by atoms with Gasteiger partial charge in [0.15, 0.2) is 5.69 Å². The Balaban J connectivity index is 2.70. The SMILES string of the molecule is Cc1ccncc1-c1nc(Cl)ncc1[N+](=O)[O-]. The summed E-state index contributed by atoms with van der Waals surface area (Å²) in [7, 11) is 0. The lowest BCUT2D eigenvalue weighted by Crippen LogP contribution is -1.98. The standard InChI is InChI=1S/C10H7ClN4O2/c1-6-2-3-12-4-7(6)9-8(15(16)17)5-13-10(11)14-9/h2-5H,1H3. The van der Waals surface area contributed by atoms with Crippen molar-refractivity contribution in [1.29, 1.82) is 0 Å². The Hall–Kier alpha value is -2.08. The second-order valence-corrected chi connectivity index (χ2v) is 3.66. The molecule has 0 amide bonds. The molecule has 0 atom stereocenters. The lowest BCUT2D eigenvalue weighted by Gasteiger charge is -2.04. The number of aromatic nitrogens is 3. The summed E-state index contributed by atoms with van der Waals surface area (Å²) in [4.78, 5) is 21.8. The van der Waals surface area contributed by atoms with E-state index in [2.05, 4.69) is 15.0 Å². The first-order valence-corrected chi connectivity index (χ1v) is 5.05. The maximum atomic E-state index is 10.9. The predicted octanol–water partition coefficient (Wildman–Crippen LogP) is 2.41. The molecular formula is C10H7ClN4O2. The van der Waals surface area contributed by atoms with Gasteiger partial charge >= 0.3 is 5.69 Å². The molecule has 0 fully saturated rings. The molecule has 0 aromatic carbocycles. The smallest absolute Gasteiger partial charge is 0.264 e. The molecule has 0 spiro atoms. The molecule has 0 aliphatic carbocycles. The molecule has 0 unspecified atom stereocenters. The average molecular weight is 251 g/mol. The van der Waals surface area contributed by atoms with Crippen molar-refractivity contribution in [3.05, 3.63) is 45.6 Å². The van der Waals surface area contributed by atoms with E-state index in [0.29, 0.717) is 5.56 Å². The molecule has 2 heterocycles. The third-order valence-electron chi connectivity index (χ3n) is 2.23. The number of rotatable bonds is 2. The van der Waals surface area contributed by atoms with Crippen molar-refractivity contribution in [2.45, 2.75) is 6.92 Å². The van der Waals surface area contributed by atoms with Crippen molar-refractivity contribution in [2.24, 2.45) is 0 Å². The summed E-state index contributed by atoms with van der Waals surface area (Å²) < 4.78 is 0. The first-order chi connectivity index (χ1) is 8.09. The largest absolute Gasteiger partial charge is 0.313 e. The zero-order valence-electron chi connectivity index (χ0n) is 8.79. The molecule has 0 aliphatic heterocycles. The number of hydrogen-bond donors (Lipinski definition) is 0. The summed E-state index contributed by atoms with van der Waals surface area (Å²) in [5.74, 6) is 0. The van der Waals surface area contributed by atoms with Crippen LogP contribution < -0.4 is 0 Å². The summed E-state index contributed by atoms with van der Waals surface area (Å²) in [6.07, 6.45) is 4.21. The Bertz CT molecular complexity index is 588. The van der Waals surface area contributed by atoms with E-state index in [1.807, 2.05) is 6.92 Å². The molecule has 2 rings (SSSR count). The van der Waals surface area contributed by atoms with Crippen molar-refractivity contribution in [1.82, 2.24) is 15.0 Å². The van der Waals surface area contributed by atoms with Crippen molar-refractivity contribution in [3.63, 3.8) is 0 Å². The van der Waals surface area contributed by atoms with E-state index in [1.54, 1.807) is 12.3 Å². The summed E-state index contributed by atoms with van der Waals surface area (Å²) in [5, 5.41) is 10.8. The van der Waals surface area contributed by atoms with Gasteiger partial charge < -0.3 is 0 Å². The first kappa shape index (κ1) is 11.4. The van der Waals surface area contributed by atoms with Crippen LogP contribution in [0.1, 0.15) is 5.56 Å². The fraction of sp³-hybridized carbons (Fsp3) is 0.100. The van der Waals surface area contributed by atoms with Crippen LogP contribution in [0.15, 0.2) is 24.7 Å². The minimum Gasteiger partial charge on any atom is -0.264 e. The van der Waals surface area contributed by atoms with E-state index < -0.39 is 4.92 Å². The Labute approximate surface area is 101 Å². The molecule has 0 saturated heterocycles. The molecule has 0 aliphatic rings. The van der Waals surface area contributed by atoms with Gasteiger partial charge in [0.2, 0.25) is 5.28 Å². The van der Waals surface area contributed by atoms with E-state index in [4.69, 9.17) is 11.6 Å². The van der Waals surface area contributed by atoms with Crippen LogP contribution in [0.3, 0.4) is 0 Å². The minimum absolute atomic E-state index is 0.0335. The summed E-state index contributed by atoms with van der Waals surface area (Å²) >= 11 is 5.66. The highest BCUT2D eigenvalue weighted by Gasteiger charge is 2.19. The second kappa shape index (κ2) is 4.42. The average Bonchev–Trinajstić information content (AvgIpc) is 2.29. The molecule has 0 N–H and O–H groups in total. The van der Waals surface area contributed by atoms with Gasteiger partial charge in [0.1, 0.15) is 6.20 Å². The number of halogens is 1. The lowest BCUT2D eigenvalue weighted by atomic mass is 10.1. The van der Waals surface area contributed by atoms with Crippen molar-refractivity contribution >= 4 is 17.3 Å². The molecule has 7 heteroatoms. The van der Waals surface area contributed by atoms with E-state index in [9.17, 15) is 10.1 Å². The fourth-order valence-corrected chi connectivity index (χ4v) is 1.53. The lowest BCUT2D eigenvalue weighted by molar-refractivity contribution is -0.384. The monoisotopic (exact) mass is 250 g/mol. The highest BCUT2D eigenvalue weighted by atomic mass is 35.5. The van der Waals surface area contributed by atoms with Gasteiger partial charge in [0, 0.05) is 18.0 Å². The van der Waals surface area contributed by atoms with E-state index in [1.165, 1.54) is 6.20 Å². The quantitative estimate of drug-likeness (QED) is 0.464. The highest BCUT2D eigenvalue weighted by Crippen LogP contribution is 2.29. The molecule has 17 heavy (non-hydrogen) atoms. The van der Waals surface area contributed by atoms with E-state index in [0.717, 1.165) is 11.8 Å². The summed E-state index contributed by atoms with van der Waals surface area (Å²) in [5.41, 5.74) is 1.40. The van der Waals surface area contributed by atoms with Crippen molar-refractivity contribution < 1.29 is 4.92 Å². The van der Waals surface area contributed by atoms with Gasteiger partial charge in [-0.3, -0.25) is 15.1 Å². The van der Waals surface area contributed by atoms with Crippen LogP contribution in [0, 0.1) is 17.0 Å². The second-order valence-electron chi connectivity index (χ2n) is 3.32. The van der Waals surface area contributed by atoms with Gasteiger partial charge in [0.05, 0.1) is 4.92 Å². The third-order valence-corrected chi connectivity index (χ3v) is 2.41. The molecule has 0 radical (unpaired) electrons. The molecule has 2 aromatic rings. The van der Waals surface area contributed by atoms with Crippen LogP contribution in [0.5, 0.6) is 0 Å². The van der Waals surface area contributed by atoms with Gasteiger partial charge in [-0.25, -0.2) is 9.97 Å².